The van der Waals surface area contributed by atoms with E-state index in [2.05, 4.69) is 29.6 Å². The molecule has 0 spiro atoms. The van der Waals surface area contributed by atoms with Crippen molar-refractivity contribution in [3.05, 3.63) is 97.1 Å². The van der Waals surface area contributed by atoms with Crippen molar-refractivity contribution in [1.82, 2.24) is 10.6 Å². The number of alkyl carbamates (subject to hydrolysis) is 3. The van der Waals surface area contributed by atoms with Crippen molar-refractivity contribution in [2.45, 2.75) is 238 Å². The first kappa shape index (κ1) is 155. The second-order valence-electron chi connectivity index (χ2n) is 29.2. The maximum atomic E-state index is 11.9. The van der Waals surface area contributed by atoms with Gasteiger partial charge in [-0.05, 0) is 151 Å². The predicted octanol–water partition coefficient (Wildman–Crippen LogP) is 9.22. The number of imide groups is 2. The Morgan fingerprint density at radius 2 is 0.725 bits per heavy atom. The monoisotopic (exact) mass is 2420 g/mol. The minimum atomic E-state index is -1.16. The zero-order valence-electron chi connectivity index (χ0n) is 85.5. The molecule has 0 saturated carbocycles. The van der Waals surface area contributed by atoms with Crippen LogP contribution >= 0.6 is 144 Å². The molecule has 0 radical (unpaired) electrons. The van der Waals surface area contributed by atoms with Crippen LogP contribution in [0.5, 0.6) is 46.0 Å². The number of aliphatic hydroxyl groups is 7. The molecule has 4 aromatic carbocycles. The Hall–Kier alpha value is -4.52. The number of benzene rings is 4. The van der Waals surface area contributed by atoms with Crippen molar-refractivity contribution < 1.29 is 299 Å². The molecule has 4 heterocycles. The van der Waals surface area contributed by atoms with E-state index in [1.807, 2.05) is 116 Å². The number of primary amides is 2. The number of ether oxygens (including phenoxy) is 16. The molecule has 844 valence electrons. The van der Waals surface area contributed by atoms with Gasteiger partial charge in [-0.15, -0.1) is 11.6 Å². The molecule has 0 aromatic heterocycles. The summed E-state index contributed by atoms with van der Waals surface area (Å²) in [5.74, 6) is 7.03. The number of carbonyl (C=O) groups excluding carboxylic acids is 11. The Bertz CT molecular complexity index is 4080. The zero-order chi connectivity index (χ0) is 110. The summed E-state index contributed by atoms with van der Waals surface area (Å²) in [6.07, 6.45) is 6.05. The van der Waals surface area contributed by atoms with Gasteiger partial charge in [-0.3, -0.25) is 28.8 Å². The Labute approximate surface area is 1010 Å². The molecule has 8 rings (SSSR count). The summed E-state index contributed by atoms with van der Waals surface area (Å²) in [4.78, 5) is 131. The number of halogens is 5. The molecule has 17 N–H and O–H groups in total. The van der Waals surface area contributed by atoms with Gasteiger partial charge in [0.2, 0.25) is 18.9 Å². The predicted molar refractivity (Wildman–Crippen MR) is 566 cm³/mol. The minimum absolute atomic E-state index is 0. The smallest absolute Gasteiger partial charge is 1.00 e. The minimum Gasteiger partial charge on any atom is -1.00 e. The van der Waals surface area contributed by atoms with Crippen LogP contribution in [0.15, 0.2) is 97.1 Å². The molecule has 6 amide bonds. The van der Waals surface area contributed by atoms with Gasteiger partial charge in [-0.2, -0.15) is 0 Å². The summed E-state index contributed by atoms with van der Waals surface area (Å²) in [6.45, 7) is 5.71. The number of phenolic OH excluding ortho intramolecular Hbond substituents is 1. The first-order valence-electron chi connectivity index (χ1n) is 44.8. The van der Waals surface area contributed by atoms with Crippen molar-refractivity contribution in [3.63, 3.8) is 0 Å². The first-order valence-corrected chi connectivity index (χ1v) is 56.5. The van der Waals surface area contributed by atoms with Crippen LogP contribution in [-0.2, 0) is 71.5 Å². The Kier molecular flexibility index (Phi) is 108. The molecule has 0 bridgehead atoms. The first-order chi connectivity index (χ1) is 69.6. The molecule has 0 aliphatic carbocycles. The number of alkyl halides is 3. The number of unbranched alkanes of at least 4 members (excludes halogenated alkanes) is 4. The molecule has 59 heteroatoms. The van der Waals surface area contributed by atoms with Crippen molar-refractivity contribution in [2.24, 2.45) is 11.5 Å². The molecule has 9 unspecified atom stereocenters. The average molecular weight is 2430 g/mol. The molecule has 4 aromatic rings. The van der Waals surface area contributed by atoms with E-state index in [-0.39, 0.29) is 186 Å². The van der Waals surface area contributed by atoms with Crippen LogP contribution in [0.25, 0.3) is 0 Å². The van der Waals surface area contributed by atoms with Gasteiger partial charge in [0.1, 0.15) is 44.7 Å². The van der Waals surface area contributed by atoms with Gasteiger partial charge in [-0.25, -0.2) is 39.4 Å². The number of esters is 3. The number of aromatic hydroxyl groups is 1. The van der Waals surface area contributed by atoms with Crippen molar-refractivity contribution in [1.29, 1.82) is 0 Å². The normalized spacial score (nSPS) is 15.6. The molecule has 4 aliphatic heterocycles. The van der Waals surface area contributed by atoms with Gasteiger partial charge in [0.25, 0.3) is 6.47 Å². The van der Waals surface area contributed by atoms with Crippen LogP contribution in [0.1, 0.15) is 164 Å². The van der Waals surface area contributed by atoms with E-state index in [1.165, 1.54) is 104 Å². The summed E-state index contributed by atoms with van der Waals surface area (Å²) < 4.78 is 77.7. The molecule has 4 saturated heterocycles. The number of carboxylic acids is 1. The Balaban J connectivity index is -0.000000314. The fraction of sp³-hybridized carbons (Fsp3) is 0.600. The van der Waals surface area contributed by atoms with E-state index in [4.69, 9.17) is 171 Å². The number of amides is 6. The largest absolute Gasteiger partial charge is 1.00 e. The second-order valence-corrected chi connectivity index (χ2v) is 42.5. The SMILES string of the molecule is CC(Cl)OC(=O)Cl.CC(Cl)OC(N)=O.CC(OC(=O)CCCC[C@@H]1CCSS1)OC(=O)NC(=O)Cl.CC(OC(N)=O)OC(=O)CCCC[C@@H]1CCSS1.COc1ccccc1O.COc1ccccc1OCC(O)CO.COc1ccccc1OCC(O)CO.COc1ccccc1OCC(O)COC(=O)NC(=O)OC(C)OC(=O)CCCC[C@@H]1CCSS1.O.O=C(O)CCCC[C@@H]1CCSS1.O=CO[O-].OCC(O)CCl.[H-].[K+].[K+]. The van der Waals surface area contributed by atoms with Gasteiger partial charge in [0, 0.05) is 102 Å². The van der Waals surface area contributed by atoms with Gasteiger partial charge >= 0.3 is 168 Å². The quantitative estimate of drug-likeness (QED) is 0.00159. The van der Waals surface area contributed by atoms with Crippen molar-refractivity contribution >= 4 is 216 Å². The van der Waals surface area contributed by atoms with Gasteiger partial charge in [-0.1, -0.05) is 184 Å². The molecule has 4 fully saturated rings. The van der Waals surface area contributed by atoms with Crippen LogP contribution in [0.3, 0.4) is 0 Å². The number of phenols is 1. The number of methoxy groups -OCH3 is 4. The van der Waals surface area contributed by atoms with E-state index in [1.54, 1.807) is 92.3 Å². The van der Waals surface area contributed by atoms with E-state index >= 15 is 0 Å². The summed E-state index contributed by atoms with van der Waals surface area (Å²) in [6, 6.07) is 28.0. The molecule has 44 nitrogen and oxygen atoms in total. The van der Waals surface area contributed by atoms with Crippen molar-refractivity contribution in [3.8, 4) is 46.0 Å². The number of nitrogens with one attached hydrogen (secondary N) is 2. The summed E-state index contributed by atoms with van der Waals surface area (Å²) in [5, 5.41) is 92.7. The van der Waals surface area contributed by atoms with Crippen molar-refractivity contribution in [2.75, 3.05) is 104 Å². The fourth-order valence-corrected chi connectivity index (χ4v) is 23.1. The maximum absolute atomic E-state index is 11.9. The second kappa shape index (κ2) is 104. The molecular formula is C90H139Cl5K2N4O40S8. The van der Waals surface area contributed by atoms with E-state index in [9.17, 15) is 57.8 Å². The third-order valence-corrected chi connectivity index (χ3v) is 29.8. The summed E-state index contributed by atoms with van der Waals surface area (Å²) >= 11 is 25.0. The number of hydrogen-bond acceptors (Lipinski definition) is 46. The third kappa shape index (κ3) is 96.5. The number of nitrogens with two attached hydrogens (primary N) is 2. The number of rotatable bonds is 48. The van der Waals surface area contributed by atoms with E-state index < -0.39 is 120 Å². The molecule has 149 heavy (non-hydrogen) atoms. The van der Waals surface area contributed by atoms with E-state index in [0.717, 1.165) is 74.7 Å². The summed E-state index contributed by atoms with van der Waals surface area (Å²) in [7, 11) is 21.5. The van der Waals surface area contributed by atoms with E-state index in [0.29, 0.717) is 70.0 Å². The number of carboxylic acid groups (broad SMARTS) is 1. The van der Waals surface area contributed by atoms with Crippen LogP contribution < -0.4 is 163 Å². The van der Waals surface area contributed by atoms with Crippen LogP contribution in [-0.4, -0.2) is 302 Å². The standard InChI is InChI=1S/C22H31NO9S2.C12H18ClNO5S2.C11H19NO4S2.2C10H14O4.C8H14O2S2.C7H8O2.C3H4Cl2O2.C3H6ClNO2.C3H7ClO2.CH2O3.2K.H2O.H/c1-15(31-20(25)10-6-3-7-17-11-12-33-34-17)32-22(27)23-21(26)30-14-16(24)13-29-19-9-5-4-8-18(19)28-2;1-8(19-12(17)14-11(13)16)18-10(15)5-3-2-4-9-6-7-20-21-9;1-8(16-11(12)14)15-10(13)5-3-2-4-9-6-7-17-18-9;2*1-13-9-4-2-3-5-10(9)14-7-8(12)6-11;9-8(10)4-2-1-3-7-5-6-11-12-7;1-9-7-5-3-2-4-6(7)8;2*1-2(4)7-3(5)6;4-1-3(6)2-5;2-1-4-3;;;;/h4-5,8-9,15-17,24H,3,6-7,10-14H2,1-2H3,(H,23,26,27);8-9H,2-7H2,1H3,(H,14,16,17);8-9H,2-7H2,1H3,(H2,12,14);2*2-5,8,11-12H,6-7H2,1H3;7H,1-6H2,(H,9,10);2-5,8H,1H3;2H,1H3;2H,1H3,(H2,5,6);3,5-6H,1-2H2;1,3H;;;1H2;/q;;;;;;;;;;;2*+1;;-1/p-1/t15?,16?,17-;2*8?,9-;;;7-;;;;;;;;;/m111..1........./s1. The topological polar surface area (TPSA) is 674 Å². The number of aliphatic hydroxyl groups excluding tert-OH is 7. The van der Waals surface area contributed by atoms with Gasteiger partial charge < -0.3 is 150 Å². The third-order valence-electron chi connectivity index (χ3n) is 17.0. The average Bonchev–Trinajstić information content (AvgIpc) is 1.40. The number of para-hydroxylation sites is 8. The molecular weight excluding hydrogens is 2290 g/mol. The number of hydrogen-bond donors (Lipinski definition) is 13. The number of carbonyl (C=O) groups is 12. The fourth-order valence-electron chi connectivity index (χ4n) is 10.4. The number of aliphatic carboxylic acids is 1. The Morgan fingerprint density at radius 1 is 0.430 bits per heavy atom. The van der Waals surface area contributed by atoms with Crippen LogP contribution in [0.2, 0.25) is 0 Å². The van der Waals surface area contributed by atoms with Crippen LogP contribution in [0.4, 0.5) is 33.6 Å². The van der Waals surface area contributed by atoms with Gasteiger partial charge in [0.05, 0.1) is 60.2 Å². The van der Waals surface area contributed by atoms with Crippen LogP contribution in [0, 0.1) is 0 Å². The van der Waals surface area contributed by atoms with Gasteiger partial charge in [0.15, 0.2) is 57.1 Å². The molecule has 13 atom stereocenters. The Morgan fingerprint density at radius 3 is 0.960 bits per heavy atom. The maximum Gasteiger partial charge on any atom is 1.00 e. The summed E-state index contributed by atoms with van der Waals surface area (Å²) in [5.41, 5.74) is 7.22. The molecule has 4 aliphatic rings. The zero-order valence-corrected chi connectivity index (χ0v) is 101.